The van der Waals surface area contributed by atoms with Crippen molar-refractivity contribution in [2.75, 3.05) is 26.2 Å². The van der Waals surface area contributed by atoms with Crippen LogP contribution in [-0.4, -0.2) is 36.1 Å². The van der Waals surface area contributed by atoms with Gasteiger partial charge in [0.25, 0.3) is 5.19 Å². The van der Waals surface area contributed by atoms with Gasteiger partial charge in [-0.1, -0.05) is 23.5 Å². The van der Waals surface area contributed by atoms with Crippen molar-refractivity contribution in [3.05, 3.63) is 55.0 Å². The van der Waals surface area contributed by atoms with Gasteiger partial charge in [0, 0.05) is 6.54 Å². The highest BCUT2D eigenvalue weighted by Crippen LogP contribution is 2.31. The van der Waals surface area contributed by atoms with Gasteiger partial charge in [-0.2, -0.15) is 0 Å². The molecule has 0 atom stereocenters. The molecule has 0 aliphatic carbocycles. The van der Waals surface area contributed by atoms with E-state index in [-0.39, 0.29) is 0 Å². The van der Waals surface area contributed by atoms with Crippen molar-refractivity contribution in [2.24, 2.45) is 0 Å². The Kier molecular flexibility index (Phi) is 5.14. The predicted octanol–water partition coefficient (Wildman–Crippen LogP) is 4.77. The molecule has 1 aliphatic rings. The molecule has 1 saturated heterocycles. The van der Waals surface area contributed by atoms with E-state index in [9.17, 15) is 0 Å². The topological polar surface area (TPSA) is 34.6 Å². The van der Waals surface area contributed by atoms with E-state index < -0.39 is 0 Å². The van der Waals surface area contributed by atoms with Crippen molar-refractivity contribution < 1.29 is 9.47 Å². The zero-order chi connectivity index (χ0) is 16.9. The molecule has 4 rings (SSSR count). The highest BCUT2D eigenvalue weighted by molar-refractivity contribution is 7.20. The maximum absolute atomic E-state index is 5.86. The first-order valence-corrected chi connectivity index (χ1v) is 9.49. The van der Waals surface area contributed by atoms with Crippen molar-refractivity contribution in [3.8, 4) is 16.7 Å². The molecule has 4 nitrogen and oxygen atoms in total. The van der Waals surface area contributed by atoms with Crippen LogP contribution in [0.5, 0.6) is 16.7 Å². The van der Waals surface area contributed by atoms with E-state index in [1.165, 1.54) is 12.8 Å². The van der Waals surface area contributed by atoms with Gasteiger partial charge >= 0.3 is 0 Å². The Morgan fingerprint density at radius 1 is 0.960 bits per heavy atom. The zero-order valence-corrected chi connectivity index (χ0v) is 14.9. The van der Waals surface area contributed by atoms with Crippen molar-refractivity contribution in [1.82, 2.24) is 9.88 Å². The van der Waals surface area contributed by atoms with Crippen LogP contribution in [0.25, 0.3) is 10.2 Å². The minimum Gasteiger partial charge on any atom is -0.492 e. The highest BCUT2D eigenvalue weighted by Gasteiger charge is 2.10. The molecule has 0 saturated carbocycles. The van der Waals surface area contributed by atoms with Crippen molar-refractivity contribution in [1.29, 1.82) is 0 Å². The van der Waals surface area contributed by atoms with E-state index in [2.05, 4.69) is 22.4 Å². The largest absolute Gasteiger partial charge is 0.492 e. The predicted molar refractivity (Wildman–Crippen MR) is 102 cm³/mol. The normalized spacial score (nSPS) is 15.4. The summed E-state index contributed by atoms with van der Waals surface area (Å²) in [5.74, 6) is 1.65. The zero-order valence-electron chi connectivity index (χ0n) is 14.1. The smallest absolute Gasteiger partial charge is 0.279 e. The number of nitrogens with zero attached hydrogens (tertiary/aromatic N) is 2. The van der Waals surface area contributed by atoms with E-state index in [1.807, 2.05) is 42.5 Å². The second-order valence-electron chi connectivity index (χ2n) is 6.08. The van der Waals surface area contributed by atoms with Gasteiger partial charge in [-0.25, -0.2) is 4.98 Å². The van der Waals surface area contributed by atoms with Crippen LogP contribution < -0.4 is 9.47 Å². The SMILES string of the molecule is [CH]1CCN(CCOc2ccc(Oc3nc4ccccc4s3)cc2)CC1. The molecule has 2 aromatic carbocycles. The molecule has 0 bridgehead atoms. The lowest BCUT2D eigenvalue weighted by Gasteiger charge is -2.25. The number of benzene rings is 2. The van der Waals surface area contributed by atoms with E-state index in [1.54, 1.807) is 11.3 Å². The molecule has 3 aromatic rings. The van der Waals surface area contributed by atoms with Crippen LogP contribution in [0.15, 0.2) is 48.5 Å². The summed E-state index contributed by atoms with van der Waals surface area (Å²) in [6.07, 6.45) is 4.75. The van der Waals surface area contributed by atoms with Crippen molar-refractivity contribution in [2.45, 2.75) is 12.8 Å². The third-order valence-corrected chi connectivity index (χ3v) is 5.19. The Bertz CT molecular complexity index is 777. The number of thiazole rings is 1. The molecule has 5 heteroatoms. The average Bonchev–Trinajstić information content (AvgIpc) is 3.06. The first kappa shape index (κ1) is 16.4. The third-order valence-electron chi connectivity index (χ3n) is 4.28. The number of hydrogen-bond donors (Lipinski definition) is 0. The molecule has 0 amide bonds. The van der Waals surface area contributed by atoms with E-state index >= 15 is 0 Å². The van der Waals surface area contributed by atoms with Gasteiger partial charge in [0.15, 0.2) is 0 Å². The van der Waals surface area contributed by atoms with Gasteiger partial charge in [0.05, 0.1) is 10.2 Å². The molecule has 1 radical (unpaired) electrons. The van der Waals surface area contributed by atoms with E-state index in [4.69, 9.17) is 9.47 Å². The number of hydrogen-bond acceptors (Lipinski definition) is 5. The second-order valence-corrected chi connectivity index (χ2v) is 7.07. The summed E-state index contributed by atoms with van der Waals surface area (Å²) in [5, 5.41) is 0.664. The maximum Gasteiger partial charge on any atom is 0.279 e. The molecule has 0 unspecified atom stereocenters. The van der Waals surface area contributed by atoms with E-state index in [0.29, 0.717) is 5.19 Å². The lowest BCUT2D eigenvalue weighted by molar-refractivity contribution is 0.198. The number of likely N-dealkylation sites (tertiary alicyclic amines) is 1. The first-order valence-electron chi connectivity index (χ1n) is 8.67. The molecule has 1 aromatic heterocycles. The van der Waals surface area contributed by atoms with Crippen LogP contribution in [0.3, 0.4) is 0 Å². The molecule has 0 spiro atoms. The first-order chi connectivity index (χ1) is 12.4. The molecule has 1 aliphatic heterocycles. The average molecular weight is 353 g/mol. The minimum absolute atomic E-state index is 0.664. The van der Waals surface area contributed by atoms with Crippen LogP contribution in [0.4, 0.5) is 0 Å². The number of fused-ring (bicyclic) bond motifs is 1. The molecule has 0 N–H and O–H groups in total. The summed E-state index contributed by atoms with van der Waals surface area (Å²) >= 11 is 1.55. The number of rotatable bonds is 6. The fraction of sp³-hybridized carbons (Fsp3) is 0.300. The van der Waals surface area contributed by atoms with Gasteiger partial charge < -0.3 is 9.47 Å². The summed E-state index contributed by atoms with van der Waals surface area (Å²) in [5.41, 5.74) is 0.970. The highest BCUT2D eigenvalue weighted by atomic mass is 32.1. The summed E-state index contributed by atoms with van der Waals surface area (Å²) in [7, 11) is 0. The standard InChI is InChI=1S/C20H21N2O2S/c1-4-12-22(13-5-1)14-15-23-16-8-10-17(11-9-16)24-20-21-18-6-2-3-7-19(18)25-20/h1-3,6-11H,4-5,12-15H2. The summed E-state index contributed by atoms with van der Waals surface area (Å²) in [4.78, 5) is 6.94. The van der Waals surface area contributed by atoms with Gasteiger partial charge in [0.2, 0.25) is 0 Å². The summed E-state index contributed by atoms with van der Waals surface area (Å²) in [6, 6.07) is 15.8. The maximum atomic E-state index is 5.86. The van der Waals surface area contributed by atoms with Crippen LogP contribution in [0, 0.1) is 6.42 Å². The Hall–Kier alpha value is -2.11. The fourth-order valence-electron chi connectivity index (χ4n) is 2.92. The fourth-order valence-corrected chi connectivity index (χ4v) is 3.75. The van der Waals surface area contributed by atoms with Gasteiger partial charge in [-0.3, -0.25) is 4.90 Å². The Balaban J connectivity index is 1.30. The molecule has 129 valence electrons. The monoisotopic (exact) mass is 353 g/mol. The lowest BCUT2D eigenvalue weighted by Crippen LogP contribution is -2.33. The summed E-state index contributed by atoms with van der Waals surface area (Å²) < 4.78 is 12.8. The molecular formula is C20H21N2O2S. The van der Waals surface area contributed by atoms with Crippen LogP contribution in [-0.2, 0) is 0 Å². The molecule has 2 heterocycles. The van der Waals surface area contributed by atoms with Crippen LogP contribution in [0.1, 0.15) is 12.8 Å². The quantitative estimate of drug-likeness (QED) is 0.639. The Labute approximate surface area is 152 Å². The molecule has 25 heavy (non-hydrogen) atoms. The number of piperidine rings is 1. The molecular weight excluding hydrogens is 332 g/mol. The molecule has 1 fully saturated rings. The lowest BCUT2D eigenvalue weighted by atomic mass is 10.1. The van der Waals surface area contributed by atoms with Crippen LogP contribution in [0.2, 0.25) is 0 Å². The van der Waals surface area contributed by atoms with Gasteiger partial charge in [-0.05, 0) is 68.8 Å². The van der Waals surface area contributed by atoms with Gasteiger partial charge in [0.1, 0.15) is 18.1 Å². The Morgan fingerprint density at radius 2 is 1.72 bits per heavy atom. The van der Waals surface area contributed by atoms with E-state index in [0.717, 1.165) is 48.0 Å². The second kappa shape index (κ2) is 7.85. The van der Waals surface area contributed by atoms with Crippen molar-refractivity contribution >= 4 is 21.6 Å². The number of ether oxygens (including phenoxy) is 2. The van der Waals surface area contributed by atoms with Gasteiger partial charge in [-0.15, -0.1) is 0 Å². The third kappa shape index (κ3) is 4.30. The minimum atomic E-state index is 0.664. The van der Waals surface area contributed by atoms with Crippen molar-refractivity contribution in [3.63, 3.8) is 0 Å². The number of para-hydroxylation sites is 1. The summed E-state index contributed by atoms with van der Waals surface area (Å²) in [6.45, 7) is 4.01. The Morgan fingerprint density at radius 3 is 2.52 bits per heavy atom. The van der Waals surface area contributed by atoms with Crippen LogP contribution >= 0.6 is 11.3 Å². The number of aromatic nitrogens is 1.